The van der Waals surface area contributed by atoms with Crippen LogP contribution in [0.2, 0.25) is 0 Å². The van der Waals surface area contributed by atoms with E-state index in [0.717, 1.165) is 20.9 Å². The summed E-state index contributed by atoms with van der Waals surface area (Å²) in [6, 6.07) is 5.69. The number of hydrogen-bond acceptors (Lipinski definition) is 4. The van der Waals surface area contributed by atoms with Gasteiger partial charge in [-0.3, -0.25) is 0 Å². The molecule has 0 amide bonds. The average Bonchev–Trinajstić information content (AvgIpc) is 2.82. The van der Waals surface area contributed by atoms with E-state index in [1.54, 1.807) is 0 Å². The van der Waals surface area contributed by atoms with Crippen molar-refractivity contribution in [3.63, 3.8) is 0 Å². The van der Waals surface area contributed by atoms with Gasteiger partial charge in [0.2, 0.25) is 5.82 Å². The van der Waals surface area contributed by atoms with Gasteiger partial charge in [0, 0.05) is 8.95 Å². The highest BCUT2D eigenvalue weighted by Gasteiger charge is 2.17. The van der Waals surface area contributed by atoms with Gasteiger partial charge in [-0.25, -0.2) is 0 Å². The predicted octanol–water partition coefficient (Wildman–Crippen LogP) is 4.10. The molecule has 0 aliphatic rings. The van der Waals surface area contributed by atoms with Crippen LogP contribution in [0.3, 0.4) is 0 Å². The van der Waals surface area contributed by atoms with Crippen molar-refractivity contribution in [2.45, 2.75) is 25.9 Å². The summed E-state index contributed by atoms with van der Waals surface area (Å²) in [6.45, 7) is 2.00. The Morgan fingerprint density at radius 3 is 2.89 bits per heavy atom. The second-order valence-electron chi connectivity index (χ2n) is 3.89. The maximum atomic E-state index is 9.80. The van der Waals surface area contributed by atoms with E-state index >= 15 is 0 Å². The van der Waals surface area contributed by atoms with Crippen LogP contribution in [0.15, 0.2) is 31.7 Å². The molecule has 1 atom stereocenters. The molecule has 4 nitrogen and oxygen atoms in total. The van der Waals surface area contributed by atoms with Crippen LogP contribution in [0.4, 0.5) is 0 Å². The Balaban J connectivity index is 2.32. The Hall–Kier alpha value is -0.720. The number of aliphatic hydroxyl groups is 1. The number of aromatic nitrogens is 2. The molecule has 0 aliphatic heterocycles. The molecule has 0 radical (unpaired) electrons. The highest BCUT2D eigenvalue weighted by molar-refractivity contribution is 9.11. The summed E-state index contributed by atoms with van der Waals surface area (Å²) in [7, 11) is 0. The number of aliphatic hydroxyl groups excluding tert-OH is 1. The summed E-state index contributed by atoms with van der Waals surface area (Å²) in [5.74, 6) is 0.729. The number of halogens is 2. The fourth-order valence-electron chi connectivity index (χ4n) is 1.54. The van der Waals surface area contributed by atoms with Gasteiger partial charge in [-0.1, -0.05) is 34.4 Å². The lowest BCUT2D eigenvalue weighted by Crippen LogP contribution is -1.98. The van der Waals surface area contributed by atoms with Gasteiger partial charge in [0.1, 0.15) is 6.10 Å². The fourth-order valence-corrected chi connectivity index (χ4v) is 2.32. The van der Waals surface area contributed by atoms with Crippen molar-refractivity contribution in [1.29, 1.82) is 0 Å². The Morgan fingerprint density at radius 1 is 1.39 bits per heavy atom. The number of benzene rings is 1. The molecule has 1 aromatic carbocycles. The minimum absolute atomic E-state index is 0.332. The van der Waals surface area contributed by atoms with E-state index < -0.39 is 6.10 Å². The van der Waals surface area contributed by atoms with Crippen molar-refractivity contribution in [3.05, 3.63) is 33.0 Å². The molecular weight excluding hydrogens is 364 g/mol. The zero-order chi connectivity index (χ0) is 13.1. The lowest BCUT2D eigenvalue weighted by Gasteiger charge is -2.01. The van der Waals surface area contributed by atoms with Gasteiger partial charge in [0.05, 0.1) is 5.56 Å². The van der Waals surface area contributed by atoms with Gasteiger partial charge in [-0.2, -0.15) is 4.98 Å². The van der Waals surface area contributed by atoms with Gasteiger partial charge >= 0.3 is 0 Å². The largest absolute Gasteiger partial charge is 0.385 e. The van der Waals surface area contributed by atoms with Gasteiger partial charge in [-0.15, -0.1) is 0 Å². The third-order valence-electron chi connectivity index (χ3n) is 2.46. The zero-order valence-electron chi connectivity index (χ0n) is 9.73. The van der Waals surface area contributed by atoms with Crippen LogP contribution in [0, 0.1) is 0 Å². The van der Waals surface area contributed by atoms with Crippen molar-refractivity contribution >= 4 is 31.9 Å². The summed E-state index contributed by atoms with van der Waals surface area (Å²) < 4.78 is 6.97. The first kappa shape index (κ1) is 13.7. The lowest BCUT2D eigenvalue weighted by molar-refractivity contribution is 0.153. The minimum atomic E-state index is -0.668. The first-order valence-electron chi connectivity index (χ1n) is 5.59. The monoisotopic (exact) mass is 374 g/mol. The Labute approximate surface area is 122 Å². The Bertz CT molecular complexity index is 543. The van der Waals surface area contributed by atoms with E-state index in [9.17, 15) is 5.11 Å². The second-order valence-corrected chi connectivity index (χ2v) is 5.66. The van der Waals surface area contributed by atoms with E-state index in [4.69, 9.17) is 4.52 Å². The van der Waals surface area contributed by atoms with Crippen LogP contribution in [-0.2, 0) is 0 Å². The maximum absolute atomic E-state index is 9.80. The molecule has 18 heavy (non-hydrogen) atoms. The standard InChI is InChI=1S/C12H12Br2N2O2/c1-2-3-10(17)11-15-12(18-16-11)8-6-7(13)4-5-9(8)14/h4-6,10,17H,2-3H2,1H3. The third kappa shape index (κ3) is 2.99. The van der Waals surface area contributed by atoms with Gasteiger partial charge < -0.3 is 9.63 Å². The number of rotatable bonds is 4. The molecule has 0 saturated heterocycles. The van der Waals surface area contributed by atoms with Crippen molar-refractivity contribution in [2.24, 2.45) is 0 Å². The first-order chi connectivity index (χ1) is 8.61. The van der Waals surface area contributed by atoms with Crippen molar-refractivity contribution in [2.75, 3.05) is 0 Å². The number of nitrogens with zero attached hydrogens (tertiary/aromatic N) is 2. The van der Waals surface area contributed by atoms with Gasteiger partial charge in [-0.05, 0) is 40.5 Å². The first-order valence-corrected chi connectivity index (χ1v) is 7.17. The SMILES string of the molecule is CCCC(O)c1noc(-c2cc(Br)ccc2Br)n1. The zero-order valence-corrected chi connectivity index (χ0v) is 12.9. The molecule has 1 aromatic heterocycles. The molecule has 0 bridgehead atoms. The molecule has 6 heteroatoms. The molecule has 96 valence electrons. The van der Waals surface area contributed by atoms with E-state index in [2.05, 4.69) is 42.0 Å². The molecular formula is C12H12Br2N2O2. The minimum Gasteiger partial charge on any atom is -0.385 e. The van der Waals surface area contributed by atoms with Crippen LogP contribution in [0.25, 0.3) is 11.5 Å². The van der Waals surface area contributed by atoms with E-state index in [-0.39, 0.29) is 0 Å². The van der Waals surface area contributed by atoms with Crippen LogP contribution in [0.5, 0.6) is 0 Å². The smallest absolute Gasteiger partial charge is 0.259 e. The molecule has 0 spiro atoms. The summed E-state index contributed by atoms with van der Waals surface area (Å²) in [5, 5.41) is 13.6. The maximum Gasteiger partial charge on any atom is 0.259 e. The molecule has 1 unspecified atom stereocenters. The van der Waals surface area contributed by atoms with E-state index in [1.807, 2.05) is 25.1 Å². The highest BCUT2D eigenvalue weighted by Crippen LogP contribution is 2.30. The number of hydrogen-bond donors (Lipinski definition) is 1. The molecule has 1 heterocycles. The van der Waals surface area contributed by atoms with Crippen LogP contribution in [-0.4, -0.2) is 15.2 Å². The van der Waals surface area contributed by atoms with Crippen LogP contribution < -0.4 is 0 Å². The topological polar surface area (TPSA) is 59.2 Å². The van der Waals surface area contributed by atoms with Crippen LogP contribution in [0.1, 0.15) is 31.7 Å². The summed E-state index contributed by atoms with van der Waals surface area (Å²) in [6.07, 6.45) is 0.822. The molecule has 0 saturated carbocycles. The predicted molar refractivity (Wildman–Crippen MR) is 75.0 cm³/mol. The van der Waals surface area contributed by atoms with E-state index in [1.165, 1.54) is 0 Å². The van der Waals surface area contributed by atoms with Crippen molar-refractivity contribution in [3.8, 4) is 11.5 Å². The summed E-state index contributed by atoms with van der Waals surface area (Å²) in [5.41, 5.74) is 0.798. The van der Waals surface area contributed by atoms with E-state index in [0.29, 0.717) is 18.1 Å². The molecule has 2 rings (SSSR count). The second kappa shape index (κ2) is 5.95. The molecule has 2 aromatic rings. The highest BCUT2D eigenvalue weighted by atomic mass is 79.9. The summed E-state index contributed by atoms with van der Waals surface area (Å²) >= 11 is 6.83. The fraction of sp³-hybridized carbons (Fsp3) is 0.333. The Kier molecular flexibility index (Phi) is 4.53. The van der Waals surface area contributed by atoms with Gasteiger partial charge in [0.15, 0.2) is 0 Å². The average molecular weight is 376 g/mol. The van der Waals surface area contributed by atoms with Crippen molar-refractivity contribution in [1.82, 2.24) is 10.1 Å². The molecule has 0 fully saturated rings. The molecule has 0 aliphatic carbocycles. The quantitative estimate of drug-likeness (QED) is 0.873. The molecule has 1 N–H and O–H groups in total. The normalized spacial score (nSPS) is 12.7. The summed E-state index contributed by atoms with van der Waals surface area (Å²) in [4.78, 5) is 4.22. The van der Waals surface area contributed by atoms with Crippen LogP contribution >= 0.6 is 31.9 Å². The lowest BCUT2D eigenvalue weighted by atomic mass is 10.2. The van der Waals surface area contributed by atoms with Gasteiger partial charge in [0.25, 0.3) is 5.89 Å². The Morgan fingerprint density at radius 2 is 2.17 bits per heavy atom. The third-order valence-corrected chi connectivity index (χ3v) is 3.65. The van der Waals surface area contributed by atoms with Crippen molar-refractivity contribution < 1.29 is 9.63 Å².